The zero-order valence-corrected chi connectivity index (χ0v) is 16.7. The van der Waals surface area contributed by atoms with E-state index in [2.05, 4.69) is 6.58 Å². The van der Waals surface area contributed by atoms with Gasteiger partial charge in [0.25, 0.3) is 11.7 Å². The average molecular weight is 391 g/mol. The average Bonchev–Trinajstić information content (AvgIpc) is 2.98. The summed E-state index contributed by atoms with van der Waals surface area (Å²) in [6.45, 7) is 8.41. The van der Waals surface area contributed by atoms with E-state index in [1.807, 2.05) is 44.2 Å². The molecule has 0 bridgehead atoms. The van der Waals surface area contributed by atoms with Gasteiger partial charge in [-0.05, 0) is 42.7 Å². The largest absolute Gasteiger partial charge is 0.507 e. The Bertz CT molecular complexity index is 962. The maximum Gasteiger partial charge on any atom is 0.295 e. The van der Waals surface area contributed by atoms with Gasteiger partial charge in [-0.15, -0.1) is 6.58 Å². The lowest BCUT2D eigenvalue weighted by Crippen LogP contribution is -2.29. The number of carbonyl (C=O) groups excluding carboxylic acids is 2. The zero-order valence-electron chi connectivity index (χ0n) is 16.7. The molecular formula is C24H25NO4. The molecular weight excluding hydrogens is 366 g/mol. The third kappa shape index (κ3) is 3.94. The van der Waals surface area contributed by atoms with Crippen LogP contribution in [0.1, 0.15) is 36.1 Å². The van der Waals surface area contributed by atoms with Crippen LogP contribution in [0.3, 0.4) is 0 Å². The standard InChI is InChI=1S/C24H25NO4/c1-4-13-25-21(17-9-7-6-8-10-17)20(23(27)24(25)28)22(26)18-11-12-19(16(3)15-18)29-14-5-2/h4,6-12,15,21,26H,1,5,13-14H2,2-3H3/t21-/m1/s1. The van der Waals surface area contributed by atoms with Crippen molar-refractivity contribution >= 4 is 17.4 Å². The summed E-state index contributed by atoms with van der Waals surface area (Å²) in [6, 6.07) is 13.8. The zero-order chi connectivity index (χ0) is 21.0. The minimum Gasteiger partial charge on any atom is -0.507 e. The van der Waals surface area contributed by atoms with Crippen molar-refractivity contribution in [1.29, 1.82) is 0 Å². The number of ketones is 1. The summed E-state index contributed by atoms with van der Waals surface area (Å²) in [6.07, 6.45) is 2.47. The Hall–Kier alpha value is -3.34. The summed E-state index contributed by atoms with van der Waals surface area (Å²) in [5, 5.41) is 11.0. The van der Waals surface area contributed by atoms with Gasteiger partial charge < -0.3 is 14.7 Å². The molecule has 1 aliphatic rings. The lowest BCUT2D eigenvalue weighted by molar-refractivity contribution is -0.139. The van der Waals surface area contributed by atoms with Gasteiger partial charge in [0, 0.05) is 12.1 Å². The summed E-state index contributed by atoms with van der Waals surface area (Å²) >= 11 is 0. The highest BCUT2D eigenvalue weighted by Gasteiger charge is 2.45. The molecule has 0 aromatic heterocycles. The van der Waals surface area contributed by atoms with Crippen molar-refractivity contribution in [2.45, 2.75) is 26.3 Å². The number of aliphatic hydroxyl groups excluding tert-OH is 1. The molecule has 1 fully saturated rings. The van der Waals surface area contributed by atoms with Crippen molar-refractivity contribution in [3.05, 3.63) is 83.4 Å². The molecule has 0 aliphatic carbocycles. The van der Waals surface area contributed by atoms with Crippen LogP contribution in [-0.2, 0) is 9.59 Å². The molecule has 150 valence electrons. The molecule has 1 saturated heterocycles. The van der Waals surface area contributed by atoms with Gasteiger partial charge in [-0.1, -0.05) is 43.3 Å². The summed E-state index contributed by atoms with van der Waals surface area (Å²) in [5.41, 5.74) is 2.17. The van der Waals surface area contributed by atoms with Crippen LogP contribution in [0.5, 0.6) is 5.75 Å². The number of benzene rings is 2. The number of amides is 1. The first-order valence-electron chi connectivity index (χ1n) is 9.67. The van der Waals surface area contributed by atoms with Gasteiger partial charge in [0.05, 0.1) is 18.2 Å². The molecule has 0 unspecified atom stereocenters. The molecule has 29 heavy (non-hydrogen) atoms. The van der Waals surface area contributed by atoms with Crippen LogP contribution < -0.4 is 4.74 Å². The van der Waals surface area contributed by atoms with E-state index in [-0.39, 0.29) is 17.9 Å². The van der Waals surface area contributed by atoms with E-state index in [0.29, 0.717) is 12.2 Å². The lowest BCUT2D eigenvalue weighted by atomic mass is 9.95. The first-order valence-corrected chi connectivity index (χ1v) is 9.67. The number of carbonyl (C=O) groups is 2. The van der Waals surface area contributed by atoms with Crippen LogP contribution in [0.2, 0.25) is 0 Å². The lowest BCUT2D eigenvalue weighted by Gasteiger charge is -2.24. The Labute approximate surface area is 170 Å². The minimum atomic E-state index is -0.692. The van der Waals surface area contributed by atoms with Gasteiger partial charge >= 0.3 is 0 Å². The van der Waals surface area contributed by atoms with Crippen LogP contribution in [0, 0.1) is 6.92 Å². The van der Waals surface area contributed by atoms with E-state index in [1.165, 1.54) is 4.90 Å². The fourth-order valence-corrected chi connectivity index (χ4v) is 3.52. The van der Waals surface area contributed by atoms with Crippen molar-refractivity contribution in [2.24, 2.45) is 0 Å². The van der Waals surface area contributed by atoms with Crippen LogP contribution >= 0.6 is 0 Å². The Morgan fingerprint density at radius 3 is 2.55 bits per heavy atom. The van der Waals surface area contributed by atoms with Crippen molar-refractivity contribution < 1.29 is 19.4 Å². The van der Waals surface area contributed by atoms with Crippen LogP contribution in [0.4, 0.5) is 0 Å². The molecule has 2 aromatic rings. The molecule has 5 heteroatoms. The van der Waals surface area contributed by atoms with Crippen molar-refractivity contribution in [2.75, 3.05) is 13.2 Å². The summed E-state index contributed by atoms with van der Waals surface area (Å²) in [5.74, 6) is -0.786. The molecule has 1 aliphatic heterocycles. The first-order chi connectivity index (χ1) is 14.0. The molecule has 1 atom stereocenters. The van der Waals surface area contributed by atoms with Gasteiger partial charge in [-0.2, -0.15) is 0 Å². The number of ether oxygens (including phenoxy) is 1. The Balaban J connectivity index is 2.10. The summed E-state index contributed by atoms with van der Waals surface area (Å²) < 4.78 is 5.69. The fraction of sp³-hybridized carbons (Fsp3) is 0.250. The molecule has 0 radical (unpaired) electrons. The third-order valence-electron chi connectivity index (χ3n) is 4.89. The second-order valence-electron chi connectivity index (χ2n) is 6.98. The topological polar surface area (TPSA) is 66.8 Å². The summed E-state index contributed by atoms with van der Waals surface area (Å²) in [7, 11) is 0. The number of aryl methyl sites for hydroxylation is 1. The molecule has 1 amide bonds. The molecule has 3 rings (SSSR count). The smallest absolute Gasteiger partial charge is 0.295 e. The number of rotatable bonds is 7. The van der Waals surface area contributed by atoms with Crippen molar-refractivity contribution in [3.8, 4) is 5.75 Å². The number of Topliss-reactive ketones (excluding diaryl/α,β-unsaturated/α-hetero) is 1. The third-order valence-corrected chi connectivity index (χ3v) is 4.89. The maximum absolute atomic E-state index is 12.8. The highest BCUT2D eigenvalue weighted by Crippen LogP contribution is 2.39. The fourth-order valence-electron chi connectivity index (χ4n) is 3.52. The van der Waals surface area contributed by atoms with E-state index in [4.69, 9.17) is 4.74 Å². The monoisotopic (exact) mass is 391 g/mol. The Kier molecular flexibility index (Phi) is 6.17. The van der Waals surface area contributed by atoms with Crippen molar-refractivity contribution in [3.63, 3.8) is 0 Å². The van der Waals surface area contributed by atoms with E-state index in [1.54, 1.807) is 24.3 Å². The van der Waals surface area contributed by atoms with E-state index in [0.717, 1.165) is 23.3 Å². The van der Waals surface area contributed by atoms with Gasteiger partial charge in [0.2, 0.25) is 0 Å². The number of nitrogens with zero attached hydrogens (tertiary/aromatic N) is 1. The van der Waals surface area contributed by atoms with Crippen LogP contribution in [0.25, 0.3) is 5.76 Å². The maximum atomic E-state index is 12.8. The molecule has 1 N–H and O–H groups in total. The van der Waals surface area contributed by atoms with E-state index < -0.39 is 17.7 Å². The second-order valence-corrected chi connectivity index (χ2v) is 6.98. The highest BCUT2D eigenvalue weighted by molar-refractivity contribution is 6.46. The minimum absolute atomic E-state index is 0.0877. The van der Waals surface area contributed by atoms with Gasteiger partial charge in [-0.3, -0.25) is 9.59 Å². The highest BCUT2D eigenvalue weighted by atomic mass is 16.5. The van der Waals surface area contributed by atoms with E-state index in [9.17, 15) is 14.7 Å². The SMILES string of the molecule is C=CCN1C(=O)C(=O)C(=C(O)c2ccc(OCCC)c(C)c2)[C@H]1c1ccccc1. The number of likely N-dealkylation sites (tertiary alicyclic amines) is 1. The summed E-state index contributed by atoms with van der Waals surface area (Å²) in [4.78, 5) is 26.9. The first kappa shape index (κ1) is 20.4. The second kappa shape index (κ2) is 8.78. The van der Waals surface area contributed by atoms with Crippen molar-refractivity contribution in [1.82, 2.24) is 4.90 Å². The van der Waals surface area contributed by atoms with E-state index >= 15 is 0 Å². The number of hydrogen-bond acceptors (Lipinski definition) is 4. The molecule has 0 saturated carbocycles. The predicted molar refractivity (Wildman–Crippen MR) is 113 cm³/mol. The van der Waals surface area contributed by atoms with Crippen LogP contribution in [0.15, 0.2) is 66.8 Å². The number of aliphatic hydroxyl groups is 1. The Morgan fingerprint density at radius 1 is 1.21 bits per heavy atom. The van der Waals surface area contributed by atoms with Gasteiger partial charge in [-0.25, -0.2) is 0 Å². The molecule has 1 heterocycles. The number of hydrogen-bond donors (Lipinski definition) is 1. The molecule has 0 spiro atoms. The predicted octanol–water partition coefficient (Wildman–Crippen LogP) is 4.39. The molecule has 2 aromatic carbocycles. The van der Waals surface area contributed by atoms with Gasteiger partial charge in [0.1, 0.15) is 11.5 Å². The Morgan fingerprint density at radius 2 is 1.93 bits per heavy atom. The quantitative estimate of drug-likeness (QED) is 0.329. The molecule has 5 nitrogen and oxygen atoms in total. The van der Waals surface area contributed by atoms with Crippen LogP contribution in [-0.4, -0.2) is 34.8 Å². The van der Waals surface area contributed by atoms with Gasteiger partial charge in [0.15, 0.2) is 0 Å². The normalized spacial score (nSPS) is 18.1.